The maximum absolute atomic E-state index is 13.4. The molecule has 1 saturated carbocycles. The zero-order valence-corrected chi connectivity index (χ0v) is 15.2. The highest BCUT2D eigenvalue weighted by atomic mass is 19.1. The number of halogens is 1. The van der Waals surface area contributed by atoms with Gasteiger partial charge in [-0.15, -0.1) is 0 Å². The van der Waals surface area contributed by atoms with Crippen molar-refractivity contribution in [2.24, 2.45) is 17.8 Å². The fourth-order valence-electron chi connectivity index (χ4n) is 3.85. The van der Waals surface area contributed by atoms with Crippen LogP contribution < -0.4 is 0 Å². The van der Waals surface area contributed by atoms with Crippen LogP contribution in [0.25, 0.3) is 0 Å². The molecule has 5 heteroatoms. The number of carbonyl (C=O) groups excluding carboxylic acids is 2. The third kappa shape index (κ3) is 4.41. The van der Waals surface area contributed by atoms with Gasteiger partial charge in [0.25, 0.3) is 0 Å². The van der Waals surface area contributed by atoms with Gasteiger partial charge in [-0.1, -0.05) is 37.3 Å². The topological polar surface area (TPSA) is 71.4 Å². The number of carbonyl (C=O) groups is 3. The smallest absolute Gasteiger partial charge is 0.314 e. The van der Waals surface area contributed by atoms with Gasteiger partial charge in [-0.25, -0.2) is 4.39 Å². The molecule has 0 aromatic heterocycles. The molecule has 3 rings (SSSR count). The molecule has 0 aliphatic heterocycles. The molecule has 3 unspecified atom stereocenters. The molecule has 3 atom stereocenters. The maximum Gasteiger partial charge on any atom is 0.314 e. The normalized spacial score (nSPS) is 19.9. The Morgan fingerprint density at radius 1 is 1.22 bits per heavy atom. The molecule has 1 aromatic carbocycles. The van der Waals surface area contributed by atoms with E-state index in [1.165, 1.54) is 12.1 Å². The Hall–Kier alpha value is -2.56. The second-order valence-corrected chi connectivity index (χ2v) is 7.50. The summed E-state index contributed by atoms with van der Waals surface area (Å²) in [6.45, 7) is 1.86. The Morgan fingerprint density at radius 3 is 2.44 bits per heavy atom. The third-order valence-corrected chi connectivity index (χ3v) is 5.42. The second kappa shape index (κ2) is 7.99. The molecule has 1 aromatic rings. The van der Waals surface area contributed by atoms with Crippen molar-refractivity contribution >= 4 is 17.5 Å². The van der Waals surface area contributed by atoms with Gasteiger partial charge in [0.2, 0.25) is 0 Å². The minimum Gasteiger partial charge on any atom is -0.481 e. The number of rotatable bonds is 8. The minimum absolute atomic E-state index is 0.0163. The number of benzene rings is 1. The van der Waals surface area contributed by atoms with Gasteiger partial charge in [0, 0.05) is 18.3 Å². The van der Waals surface area contributed by atoms with Gasteiger partial charge in [-0.3, -0.25) is 14.4 Å². The Morgan fingerprint density at radius 2 is 1.89 bits per heavy atom. The highest BCUT2D eigenvalue weighted by Crippen LogP contribution is 2.42. The van der Waals surface area contributed by atoms with Gasteiger partial charge in [0.05, 0.1) is 0 Å². The first-order valence-corrected chi connectivity index (χ1v) is 9.29. The van der Waals surface area contributed by atoms with Crippen LogP contribution in [-0.4, -0.2) is 22.6 Å². The van der Waals surface area contributed by atoms with Crippen molar-refractivity contribution in [2.75, 3.05) is 0 Å². The van der Waals surface area contributed by atoms with E-state index in [9.17, 15) is 23.9 Å². The van der Waals surface area contributed by atoms with E-state index in [0.717, 1.165) is 12.8 Å². The lowest BCUT2D eigenvalue weighted by atomic mass is 9.72. The van der Waals surface area contributed by atoms with Gasteiger partial charge < -0.3 is 5.11 Å². The van der Waals surface area contributed by atoms with Gasteiger partial charge in [0.15, 0.2) is 11.6 Å². The quantitative estimate of drug-likeness (QED) is 0.700. The molecule has 0 spiro atoms. The average Bonchev–Trinajstić information content (AvgIpc) is 3.47. The second-order valence-electron chi connectivity index (χ2n) is 7.50. The lowest BCUT2D eigenvalue weighted by molar-refractivity contribution is -0.148. The molecule has 1 fully saturated rings. The van der Waals surface area contributed by atoms with Crippen LogP contribution in [-0.2, 0) is 14.4 Å². The van der Waals surface area contributed by atoms with Crippen molar-refractivity contribution in [3.05, 3.63) is 59.4 Å². The lowest BCUT2D eigenvalue weighted by Crippen LogP contribution is -2.35. The Kier molecular flexibility index (Phi) is 5.68. The van der Waals surface area contributed by atoms with Gasteiger partial charge in [-0.2, -0.15) is 0 Å². The van der Waals surface area contributed by atoms with E-state index < -0.39 is 23.6 Å². The van der Waals surface area contributed by atoms with Crippen LogP contribution in [0.5, 0.6) is 0 Å². The number of hydrogen-bond donors (Lipinski definition) is 1. The van der Waals surface area contributed by atoms with E-state index in [1.807, 2.05) is 13.0 Å². The van der Waals surface area contributed by atoms with Crippen LogP contribution in [0.2, 0.25) is 0 Å². The maximum atomic E-state index is 13.4. The van der Waals surface area contributed by atoms with Crippen molar-refractivity contribution in [3.8, 4) is 0 Å². The van der Waals surface area contributed by atoms with E-state index in [0.29, 0.717) is 24.0 Å². The number of allylic oxidation sites excluding steroid dienone is 4. The summed E-state index contributed by atoms with van der Waals surface area (Å²) in [7, 11) is 0. The van der Waals surface area contributed by atoms with Crippen molar-refractivity contribution in [3.63, 3.8) is 0 Å². The number of carboxylic acid groups (broad SMARTS) is 1. The molecule has 0 saturated heterocycles. The molecular weight excluding hydrogens is 347 g/mol. The Labute approximate surface area is 157 Å². The molecule has 2 aliphatic rings. The van der Waals surface area contributed by atoms with Crippen molar-refractivity contribution < 1.29 is 23.9 Å². The lowest BCUT2D eigenvalue weighted by Gasteiger charge is -2.30. The first-order valence-electron chi connectivity index (χ1n) is 9.29. The fraction of sp³-hybridized carbons (Fsp3) is 0.409. The number of Topliss-reactive ketones (excluding diaryl/α,β-unsaturated/α-hetero) is 2. The van der Waals surface area contributed by atoms with E-state index in [4.69, 9.17) is 0 Å². The summed E-state index contributed by atoms with van der Waals surface area (Å²) in [5.74, 6) is -4.07. The summed E-state index contributed by atoms with van der Waals surface area (Å²) in [5.41, 5.74) is 1.25. The first kappa shape index (κ1) is 19.2. The largest absolute Gasteiger partial charge is 0.481 e. The third-order valence-electron chi connectivity index (χ3n) is 5.42. The van der Waals surface area contributed by atoms with Crippen LogP contribution >= 0.6 is 0 Å². The van der Waals surface area contributed by atoms with Gasteiger partial charge in [0.1, 0.15) is 11.7 Å². The monoisotopic (exact) mass is 370 g/mol. The average molecular weight is 370 g/mol. The highest BCUT2D eigenvalue weighted by molar-refractivity contribution is 6.01. The van der Waals surface area contributed by atoms with Crippen molar-refractivity contribution in [1.82, 2.24) is 0 Å². The van der Waals surface area contributed by atoms with Crippen molar-refractivity contribution in [2.45, 2.75) is 38.5 Å². The molecule has 2 aliphatic carbocycles. The van der Waals surface area contributed by atoms with E-state index >= 15 is 0 Å². The Bertz CT molecular complexity index is 802. The molecule has 0 amide bonds. The SMILES string of the molecule is CC(CC1=CC=CCC1=O)C(c1ccc(F)cc1)C(C(=O)O)C(=O)C1CC1. The zero-order valence-electron chi connectivity index (χ0n) is 15.2. The number of aliphatic carboxylic acids is 1. The van der Waals surface area contributed by atoms with Crippen LogP contribution in [0.15, 0.2) is 48.1 Å². The summed E-state index contributed by atoms with van der Waals surface area (Å²) >= 11 is 0. The molecule has 0 bridgehead atoms. The predicted molar refractivity (Wildman–Crippen MR) is 98.6 cm³/mol. The number of carboxylic acids is 1. The van der Waals surface area contributed by atoms with Gasteiger partial charge >= 0.3 is 5.97 Å². The predicted octanol–water partition coefficient (Wildman–Crippen LogP) is 4.07. The summed E-state index contributed by atoms with van der Waals surface area (Å²) in [4.78, 5) is 36.9. The van der Waals surface area contributed by atoms with Crippen LogP contribution in [0.1, 0.15) is 44.1 Å². The fourth-order valence-corrected chi connectivity index (χ4v) is 3.85. The van der Waals surface area contributed by atoms with E-state index in [2.05, 4.69) is 0 Å². The highest BCUT2D eigenvalue weighted by Gasteiger charge is 2.44. The minimum atomic E-state index is -1.19. The Balaban J connectivity index is 1.95. The summed E-state index contributed by atoms with van der Waals surface area (Å²) in [5, 5.41) is 9.83. The molecule has 27 heavy (non-hydrogen) atoms. The number of hydrogen-bond acceptors (Lipinski definition) is 3. The molecule has 0 radical (unpaired) electrons. The first-order chi connectivity index (χ1) is 12.9. The summed E-state index contributed by atoms with van der Waals surface area (Å²) in [6, 6.07) is 5.65. The standard InChI is InChI=1S/C22H23FO4/c1-13(12-16-4-2-3-5-18(16)24)19(14-8-10-17(23)11-9-14)20(22(26)27)21(25)15-6-7-15/h2-4,8-11,13,15,19-20H,5-7,12H2,1H3,(H,26,27). The molecule has 142 valence electrons. The van der Waals surface area contributed by atoms with Crippen LogP contribution in [0.4, 0.5) is 4.39 Å². The molecule has 4 nitrogen and oxygen atoms in total. The van der Waals surface area contributed by atoms with Gasteiger partial charge in [-0.05, 0) is 48.4 Å². The zero-order chi connectivity index (χ0) is 19.6. The molecular formula is C22H23FO4. The molecule has 0 heterocycles. The van der Waals surface area contributed by atoms with Crippen molar-refractivity contribution in [1.29, 1.82) is 0 Å². The number of ketones is 2. The summed E-state index contributed by atoms with van der Waals surface area (Å²) in [6.07, 6.45) is 7.52. The van der Waals surface area contributed by atoms with Crippen LogP contribution in [0, 0.1) is 23.6 Å². The van der Waals surface area contributed by atoms with E-state index in [-0.39, 0.29) is 23.4 Å². The van der Waals surface area contributed by atoms with Crippen LogP contribution in [0.3, 0.4) is 0 Å². The summed E-state index contributed by atoms with van der Waals surface area (Å²) < 4.78 is 13.4. The van der Waals surface area contributed by atoms with E-state index in [1.54, 1.807) is 24.3 Å². The molecule has 1 N–H and O–H groups in total.